The fourth-order valence-electron chi connectivity index (χ4n) is 2.27. The monoisotopic (exact) mass is 324 g/mol. The molecule has 22 heavy (non-hydrogen) atoms. The molecule has 1 heterocycles. The van der Waals surface area contributed by atoms with Gasteiger partial charge in [-0.3, -0.25) is 0 Å². The van der Waals surface area contributed by atoms with E-state index in [1.165, 1.54) is 0 Å². The third kappa shape index (κ3) is 3.15. The van der Waals surface area contributed by atoms with E-state index < -0.39 is 10.0 Å². The first kappa shape index (κ1) is 16.5. The number of sulfonamides is 1. The lowest BCUT2D eigenvalue weighted by Gasteiger charge is -2.12. The lowest BCUT2D eigenvalue weighted by molar-refractivity contribution is 0.392. The molecule has 2 aromatic rings. The third-order valence-corrected chi connectivity index (χ3v) is 5.15. The number of nitrogens with zero attached hydrogens (tertiary/aromatic N) is 1. The van der Waals surface area contributed by atoms with Crippen molar-refractivity contribution in [3.8, 4) is 5.75 Å². The van der Waals surface area contributed by atoms with Crippen LogP contribution >= 0.6 is 0 Å². The molecule has 0 aliphatic heterocycles. The predicted octanol–water partition coefficient (Wildman–Crippen LogP) is 2.40. The second-order valence-electron chi connectivity index (χ2n) is 5.21. The van der Waals surface area contributed by atoms with Gasteiger partial charge in [-0.2, -0.15) is 0 Å². The van der Waals surface area contributed by atoms with E-state index in [-0.39, 0.29) is 11.4 Å². The number of benzene rings is 1. The number of aromatic nitrogens is 1. The molecule has 0 unspecified atom stereocenters. The second kappa shape index (κ2) is 6.10. The fourth-order valence-corrected chi connectivity index (χ4v) is 3.58. The Hall–Kier alpha value is -1.86. The number of rotatable bonds is 5. The van der Waals surface area contributed by atoms with E-state index in [1.54, 1.807) is 40.0 Å². The summed E-state index contributed by atoms with van der Waals surface area (Å²) in [6, 6.07) is 3.34. The zero-order valence-electron chi connectivity index (χ0n) is 13.4. The van der Waals surface area contributed by atoms with E-state index >= 15 is 0 Å². The molecule has 2 rings (SSSR count). The lowest BCUT2D eigenvalue weighted by Crippen LogP contribution is -2.24. The molecule has 0 aliphatic carbocycles. The van der Waals surface area contributed by atoms with Gasteiger partial charge in [0.2, 0.25) is 10.0 Å². The van der Waals surface area contributed by atoms with Gasteiger partial charge in [0.05, 0.1) is 17.7 Å². The van der Waals surface area contributed by atoms with E-state index in [9.17, 15) is 8.42 Å². The molecule has 1 aromatic carbocycles. The lowest BCUT2D eigenvalue weighted by atomic mass is 10.1. The van der Waals surface area contributed by atoms with Crippen LogP contribution in [0.4, 0.5) is 0 Å². The molecule has 7 heteroatoms. The highest BCUT2D eigenvalue weighted by molar-refractivity contribution is 7.89. The van der Waals surface area contributed by atoms with Crippen molar-refractivity contribution in [1.82, 2.24) is 9.88 Å². The summed E-state index contributed by atoms with van der Waals surface area (Å²) in [4.78, 5) is 0.248. The number of hydrogen-bond acceptors (Lipinski definition) is 5. The van der Waals surface area contributed by atoms with E-state index in [0.29, 0.717) is 22.8 Å². The molecule has 0 aliphatic rings. The maximum atomic E-state index is 12.5. The number of ether oxygens (including phenoxy) is 1. The first-order valence-corrected chi connectivity index (χ1v) is 8.31. The van der Waals surface area contributed by atoms with Crippen LogP contribution in [0.1, 0.15) is 28.1 Å². The Kier molecular flexibility index (Phi) is 4.58. The molecule has 1 aromatic heterocycles. The second-order valence-corrected chi connectivity index (χ2v) is 6.95. The molecule has 0 fully saturated rings. The SMILES string of the molecule is COc1cc(C)c(S(=O)(=O)NCc2c(C)noc2C)cc1C. The molecule has 120 valence electrons. The van der Waals surface area contributed by atoms with Gasteiger partial charge in [0.1, 0.15) is 11.5 Å². The molecule has 0 radical (unpaired) electrons. The minimum Gasteiger partial charge on any atom is -0.496 e. The van der Waals surface area contributed by atoms with E-state index in [4.69, 9.17) is 9.26 Å². The van der Waals surface area contributed by atoms with E-state index in [0.717, 1.165) is 11.1 Å². The molecule has 6 nitrogen and oxygen atoms in total. The van der Waals surface area contributed by atoms with Crippen LogP contribution < -0.4 is 9.46 Å². The molecule has 0 spiro atoms. The van der Waals surface area contributed by atoms with Crippen molar-refractivity contribution in [2.75, 3.05) is 7.11 Å². The van der Waals surface area contributed by atoms with Crippen molar-refractivity contribution >= 4 is 10.0 Å². The highest BCUT2D eigenvalue weighted by Gasteiger charge is 2.20. The topological polar surface area (TPSA) is 81.4 Å². The van der Waals surface area contributed by atoms with E-state index in [2.05, 4.69) is 9.88 Å². The van der Waals surface area contributed by atoms with Crippen LogP contribution in [0.25, 0.3) is 0 Å². The summed E-state index contributed by atoms with van der Waals surface area (Å²) in [6.45, 7) is 7.24. The summed E-state index contributed by atoms with van der Waals surface area (Å²) in [5.74, 6) is 1.28. The van der Waals surface area contributed by atoms with Gasteiger partial charge in [0, 0.05) is 12.1 Å². The average Bonchev–Trinajstić information content (AvgIpc) is 2.77. The Balaban J connectivity index is 2.30. The van der Waals surface area contributed by atoms with Crippen molar-refractivity contribution in [2.24, 2.45) is 0 Å². The van der Waals surface area contributed by atoms with Crippen LogP contribution in [0.2, 0.25) is 0 Å². The first-order valence-electron chi connectivity index (χ1n) is 6.83. The highest BCUT2D eigenvalue weighted by atomic mass is 32.2. The summed E-state index contributed by atoms with van der Waals surface area (Å²) in [6.07, 6.45) is 0. The summed E-state index contributed by atoms with van der Waals surface area (Å²) in [5.41, 5.74) is 2.84. The van der Waals surface area contributed by atoms with Crippen LogP contribution in [0, 0.1) is 27.7 Å². The molecule has 0 bridgehead atoms. The number of hydrogen-bond donors (Lipinski definition) is 1. The van der Waals surface area contributed by atoms with Crippen molar-refractivity contribution in [3.05, 3.63) is 40.3 Å². The van der Waals surface area contributed by atoms with E-state index in [1.807, 2.05) is 6.92 Å². The van der Waals surface area contributed by atoms with Gasteiger partial charge in [0.15, 0.2) is 0 Å². The largest absolute Gasteiger partial charge is 0.496 e. The van der Waals surface area contributed by atoms with Crippen LogP contribution in [0.5, 0.6) is 5.75 Å². The normalized spacial score (nSPS) is 11.7. The Bertz CT molecular complexity index is 775. The Morgan fingerprint density at radius 3 is 2.41 bits per heavy atom. The summed E-state index contributed by atoms with van der Waals surface area (Å²) < 4.78 is 37.9. The van der Waals surface area contributed by atoms with Crippen LogP contribution in [-0.2, 0) is 16.6 Å². The van der Waals surface area contributed by atoms with Gasteiger partial charge < -0.3 is 9.26 Å². The predicted molar refractivity (Wildman–Crippen MR) is 82.5 cm³/mol. The zero-order valence-corrected chi connectivity index (χ0v) is 14.2. The molecular formula is C15H20N2O4S. The van der Waals surface area contributed by atoms with Crippen molar-refractivity contribution < 1.29 is 17.7 Å². The first-order chi connectivity index (χ1) is 10.3. The van der Waals surface area contributed by atoms with Crippen LogP contribution in [0.3, 0.4) is 0 Å². The van der Waals surface area contributed by atoms with Gasteiger partial charge in [-0.1, -0.05) is 5.16 Å². The summed E-state index contributed by atoms with van der Waals surface area (Å²) in [7, 11) is -2.06. The molecule has 0 atom stereocenters. The molecule has 0 saturated heterocycles. The van der Waals surface area contributed by atoms with Gasteiger partial charge in [-0.15, -0.1) is 0 Å². The maximum Gasteiger partial charge on any atom is 0.241 e. The highest BCUT2D eigenvalue weighted by Crippen LogP contribution is 2.25. The van der Waals surface area contributed by atoms with Crippen LogP contribution in [0.15, 0.2) is 21.6 Å². The molecule has 0 amide bonds. The zero-order chi connectivity index (χ0) is 16.5. The average molecular weight is 324 g/mol. The Morgan fingerprint density at radius 1 is 1.18 bits per heavy atom. The quantitative estimate of drug-likeness (QED) is 0.913. The van der Waals surface area contributed by atoms with Gasteiger partial charge >= 0.3 is 0 Å². The minimum atomic E-state index is -3.62. The Morgan fingerprint density at radius 2 is 1.86 bits per heavy atom. The van der Waals surface area contributed by atoms with Crippen molar-refractivity contribution in [3.63, 3.8) is 0 Å². The molecule has 1 N–H and O–H groups in total. The maximum absolute atomic E-state index is 12.5. The fraction of sp³-hybridized carbons (Fsp3) is 0.400. The van der Waals surface area contributed by atoms with Crippen molar-refractivity contribution in [1.29, 1.82) is 0 Å². The molecular weight excluding hydrogens is 304 g/mol. The summed E-state index contributed by atoms with van der Waals surface area (Å²) >= 11 is 0. The number of nitrogens with one attached hydrogen (secondary N) is 1. The third-order valence-electron chi connectivity index (χ3n) is 3.60. The van der Waals surface area contributed by atoms with Crippen LogP contribution in [-0.4, -0.2) is 20.7 Å². The van der Waals surface area contributed by atoms with Crippen molar-refractivity contribution in [2.45, 2.75) is 39.1 Å². The van der Waals surface area contributed by atoms with Gasteiger partial charge in [0.25, 0.3) is 0 Å². The minimum absolute atomic E-state index is 0.147. The molecule has 0 saturated carbocycles. The summed E-state index contributed by atoms with van der Waals surface area (Å²) in [5, 5.41) is 3.82. The van der Waals surface area contributed by atoms with Gasteiger partial charge in [-0.25, -0.2) is 13.1 Å². The smallest absolute Gasteiger partial charge is 0.241 e. The number of methoxy groups -OCH3 is 1. The Labute approximate surface area is 130 Å². The van der Waals surface area contributed by atoms with Gasteiger partial charge in [-0.05, 0) is 51.0 Å². The standard InChI is InChI=1S/C15H20N2O4S/c1-9-7-15(10(2)6-14(9)20-5)22(18,19)16-8-13-11(3)17-21-12(13)4/h6-7,16H,8H2,1-5H3. The number of aryl methyl sites for hydroxylation is 4.